The van der Waals surface area contributed by atoms with Crippen molar-refractivity contribution >= 4 is 58.0 Å². The van der Waals surface area contributed by atoms with Crippen molar-refractivity contribution in [2.75, 3.05) is 5.32 Å². The highest BCUT2D eigenvalue weighted by Gasteiger charge is 2.19. The van der Waals surface area contributed by atoms with E-state index in [4.69, 9.17) is 46.4 Å². The van der Waals surface area contributed by atoms with Gasteiger partial charge in [-0.05, 0) is 36.8 Å². The fourth-order valence-electron chi connectivity index (χ4n) is 1.68. The first-order valence-electron chi connectivity index (χ1n) is 5.75. The van der Waals surface area contributed by atoms with E-state index in [0.29, 0.717) is 10.7 Å². The molecule has 0 spiro atoms. The summed E-state index contributed by atoms with van der Waals surface area (Å²) in [4.78, 5) is 12.2. The Bertz CT molecular complexity index is 731. The number of phenols is 1. The summed E-state index contributed by atoms with van der Waals surface area (Å²) in [5.74, 6) is -0.982. The number of amides is 1. The van der Waals surface area contributed by atoms with Gasteiger partial charge >= 0.3 is 0 Å². The summed E-state index contributed by atoms with van der Waals surface area (Å²) in [6.07, 6.45) is 0. The van der Waals surface area contributed by atoms with Gasteiger partial charge in [-0.3, -0.25) is 4.79 Å². The van der Waals surface area contributed by atoms with Crippen LogP contribution in [0.1, 0.15) is 15.9 Å². The standard InChI is InChI=1S/C14H9Cl4NO2/c1-6-4-7(2-3-9(6)15)19-14(21)8-5-10(16)11(17)12(18)13(8)20/h2-5,20H,1H3,(H,19,21). The van der Waals surface area contributed by atoms with Crippen LogP contribution in [0.4, 0.5) is 5.69 Å². The zero-order valence-electron chi connectivity index (χ0n) is 10.7. The first kappa shape index (κ1) is 16.2. The Labute approximate surface area is 141 Å². The molecule has 2 aromatic rings. The van der Waals surface area contributed by atoms with Crippen molar-refractivity contribution in [2.24, 2.45) is 0 Å². The first-order chi connectivity index (χ1) is 9.81. The van der Waals surface area contributed by atoms with E-state index in [-0.39, 0.29) is 20.6 Å². The predicted octanol–water partition coefficient (Wildman–Crippen LogP) is 5.57. The molecule has 0 saturated carbocycles. The van der Waals surface area contributed by atoms with Crippen molar-refractivity contribution in [3.63, 3.8) is 0 Å². The van der Waals surface area contributed by atoms with Crippen LogP contribution in [0.15, 0.2) is 24.3 Å². The lowest BCUT2D eigenvalue weighted by atomic mass is 10.1. The quantitative estimate of drug-likeness (QED) is 0.684. The largest absolute Gasteiger partial charge is 0.505 e. The molecule has 0 heterocycles. The van der Waals surface area contributed by atoms with Crippen LogP contribution in [-0.2, 0) is 0 Å². The normalized spacial score (nSPS) is 10.5. The predicted molar refractivity (Wildman–Crippen MR) is 87.3 cm³/mol. The van der Waals surface area contributed by atoms with E-state index < -0.39 is 11.7 Å². The second-order valence-corrected chi connectivity index (χ2v) is 5.87. The summed E-state index contributed by atoms with van der Waals surface area (Å²) in [6.45, 7) is 1.81. The van der Waals surface area contributed by atoms with Crippen LogP contribution in [-0.4, -0.2) is 11.0 Å². The molecule has 0 aliphatic carbocycles. The van der Waals surface area contributed by atoms with Crippen molar-refractivity contribution in [1.82, 2.24) is 0 Å². The highest BCUT2D eigenvalue weighted by atomic mass is 35.5. The molecular formula is C14H9Cl4NO2. The van der Waals surface area contributed by atoms with Crippen molar-refractivity contribution in [2.45, 2.75) is 6.92 Å². The SMILES string of the molecule is Cc1cc(NC(=O)c2cc(Cl)c(Cl)c(Cl)c2O)ccc1Cl. The minimum absolute atomic E-state index is 0.00489. The van der Waals surface area contributed by atoms with Gasteiger partial charge in [-0.2, -0.15) is 0 Å². The molecule has 2 N–H and O–H groups in total. The Kier molecular flexibility index (Phi) is 4.89. The highest BCUT2D eigenvalue weighted by Crippen LogP contribution is 2.39. The number of aromatic hydroxyl groups is 1. The van der Waals surface area contributed by atoms with E-state index >= 15 is 0 Å². The average Bonchev–Trinajstić information content (AvgIpc) is 2.44. The fourth-order valence-corrected chi connectivity index (χ4v) is 2.40. The Morgan fingerprint density at radius 1 is 1.05 bits per heavy atom. The number of aryl methyl sites for hydroxylation is 1. The molecule has 110 valence electrons. The average molecular weight is 365 g/mol. The Morgan fingerprint density at radius 2 is 1.71 bits per heavy atom. The number of benzene rings is 2. The number of phenolic OH excluding ortho intramolecular Hbond substituents is 1. The number of halogens is 4. The molecule has 0 saturated heterocycles. The molecule has 0 fully saturated rings. The summed E-state index contributed by atoms with van der Waals surface area (Å²) in [5.41, 5.74) is 1.27. The van der Waals surface area contributed by atoms with Gasteiger partial charge in [0.2, 0.25) is 0 Å². The topological polar surface area (TPSA) is 49.3 Å². The van der Waals surface area contributed by atoms with Crippen molar-refractivity contribution in [1.29, 1.82) is 0 Å². The number of rotatable bonds is 2. The zero-order valence-corrected chi connectivity index (χ0v) is 13.7. The lowest BCUT2D eigenvalue weighted by molar-refractivity contribution is 0.102. The van der Waals surface area contributed by atoms with Crippen molar-refractivity contribution in [3.8, 4) is 5.75 Å². The molecule has 2 aromatic carbocycles. The molecular weight excluding hydrogens is 356 g/mol. The maximum atomic E-state index is 12.2. The molecule has 0 bridgehead atoms. The summed E-state index contributed by atoms with van der Waals surface area (Å²) >= 11 is 23.4. The van der Waals surface area contributed by atoms with Gasteiger partial charge in [-0.25, -0.2) is 0 Å². The molecule has 0 aromatic heterocycles. The molecule has 21 heavy (non-hydrogen) atoms. The molecule has 2 rings (SSSR count). The summed E-state index contributed by atoms with van der Waals surface area (Å²) < 4.78 is 0. The Morgan fingerprint density at radius 3 is 2.33 bits per heavy atom. The number of nitrogens with one attached hydrogen (secondary N) is 1. The van der Waals surface area contributed by atoms with Gasteiger partial charge in [0.1, 0.15) is 10.8 Å². The number of hydrogen-bond donors (Lipinski definition) is 2. The number of hydrogen-bond acceptors (Lipinski definition) is 2. The van der Waals surface area contributed by atoms with Crippen LogP contribution in [0.5, 0.6) is 5.75 Å². The molecule has 0 unspecified atom stereocenters. The highest BCUT2D eigenvalue weighted by molar-refractivity contribution is 6.49. The third-order valence-electron chi connectivity index (χ3n) is 2.80. The summed E-state index contributed by atoms with van der Waals surface area (Å²) in [6, 6.07) is 6.26. The smallest absolute Gasteiger partial charge is 0.259 e. The molecule has 0 aliphatic rings. The van der Waals surface area contributed by atoms with Crippen LogP contribution in [0.2, 0.25) is 20.1 Å². The van der Waals surface area contributed by atoms with Gasteiger partial charge in [0.05, 0.1) is 15.6 Å². The van der Waals surface area contributed by atoms with Crippen LogP contribution in [0.25, 0.3) is 0 Å². The van der Waals surface area contributed by atoms with E-state index in [1.165, 1.54) is 6.07 Å². The Hall–Kier alpha value is -1.13. The second kappa shape index (κ2) is 6.32. The van der Waals surface area contributed by atoms with Gasteiger partial charge in [-0.1, -0.05) is 46.4 Å². The van der Waals surface area contributed by atoms with E-state index in [1.807, 2.05) is 6.92 Å². The zero-order chi connectivity index (χ0) is 15.7. The van der Waals surface area contributed by atoms with Gasteiger partial charge in [0.15, 0.2) is 0 Å². The van der Waals surface area contributed by atoms with E-state index in [9.17, 15) is 9.90 Å². The summed E-state index contributed by atoms with van der Waals surface area (Å²) in [5, 5.41) is 13.0. The number of carbonyl (C=O) groups is 1. The monoisotopic (exact) mass is 363 g/mol. The van der Waals surface area contributed by atoms with Crippen LogP contribution in [0, 0.1) is 6.92 Å². The third-order valence-corrected chi connectivity index (χ3v) is 4.47. The first-order valence-corrected chi connectivity index (χ1v) is 7.26. The van der Waals surface area contributed by atoms with Crippen LogP contribution >= 0.6 is 46.4 Å². The summed E-state index contributed by atoms with van der Waals surface area (Å²) in [7, 11) is 0. The van der Waals surface area contributed by atoms with Crippen molar-refractivity contribution in [3.05, 3.63) is 55.5 Å². The molecule has 0 atom stereocenters. The minimum atomic E-state index is -0.560. The molecule has 0 radical (unpaired) electrons. The number of anilines is 1. The lowest BCUT2D eigenvalue weighted by Crippen LogP contribution is -2.12. The molecule has 7 heteroatoms. The maximum absolute atomic E-state index is 12.2. The molecule has 1 amide bonds. The van der Waals surface area contributed by atoms with E-state index in [1.54, 1.807) is 18.2 Å². The van der Waals surface area contributed by atoms with E-state index in [0.717, 1.165) is 5.56 Å². The Balaban J connectivity index is 2.35. The van der Waals surface area contributed by atoms with Crippen LogP contribution in [0.3, 0.4) is 0 Å². The molecule has 3 nitrogen and oxygen atoms in total. The molecule has 0 aliphatic heterocycles. The van der Waals surface area contributed by atoms with Gasteiger partial charge in [-0.15, -0.1) is 0 Å². The lowest BCUT2D eigenvalue weighted by Gasteiger charge is -2.10. The van der Waals surface area contributed by atoms with Crippen molar-refractivity contribution < 1.29 is 9.90 Å². The van der Waals surface area contributed by atoms with Gasteiger partial charge in [0, 0.05) is 10.7 Å². The van der Waals surface area contributed by atoms with Crippen LogP contribution < -0.4 is 5.32 Å². The minimum Gasteiger partial charge on any atom is -0.505 e. The number of carbonyl (C=O) groups excluding carboxylic acids is 1. The maximum Gasteiger partial charge on any atom is 0.259 e. The van der Waals surface area contributed by atoms with E-state index in [2.05, 4.69) is 5.32 Å². The van der Waals surface area contributed by atoms with Gasteiger partial charge < -0.3 is 10.4 Å². The fraction of sp³-hybridized carbons (Fsp3) is 0.0714. The third kappa shape index (κ3) is 3.38. The second-order valence-electron chi connectivity index (χ2n) is 4.30. The van der Waals surface area contributed by atoms with Gasteiger partial charge in [0.25, 0.3) is 5.91 Å².